The lowest BCUT2D eigenvalue weighted by molar-refractivity contribution is -0.111. The van der Waals surface area contributed by atoms with Gasteiger partial charge in [0.05, 0.1) is 0 Å². The van der Waals surface area contributed by atoms with Crippen LogP contribution in [0, 0.1) is 0 Å². The van der Waals surface area contributed by atoms with Crippen molar-refractivity contribution in [2.75, 3.05) is 5.75 Å². The fraction of sp³-hybridized carbons (Fsp3) is 0.400. The highest BCUT2D eigenvalue weighted by Crippen LogP contribution is 2.59. The summed E-state index contributed by atoms with van der Waals surface area (Å²) in [5, 5.41) is -1.13. The van der Waals surface area contributed by atoms with Gasteiger partial charge in [0.1, 0.15) is 0 Å². The number of hydrogen-bond donors (Lipinski definition) is 1. The Labute approximate surface area is 95.6 Å². The molecule has 15 heavy (non-hydrogen) atoms. The third-order valence-corrected chi connectivity index (χ3v) is 6.41. The van der Waals surface area contributed by atoms with Gasteiger partial charge in [-0.3, -0.25) is 9.59 Å². The second-order valence-corrected chi connectivity index (χ2v) is 7.83. The van der Waals surface area contributed by atoms with E-state index < -0.39 is 19.6 Å². The Morgan fingerprint density at radius 1 is 1.20 bits per heavy atom. The van der Waals surface area contributed by atoms with Gasteiger partial charge in [0.2, 0.25) is 10.2 Å². The third kappa shape index (κ3) is 3.22. The first-order valence-corrected chi connectivity index (χ1v) is 7.46. The standard InChI is InChI=1S/C10H16O3S2/c1-6-14-15(13,9(11)7(2)3)10(12)8(4)5/h13H,2,4,6H2,1,3,5H3. The van der Waals surface area contributed by atoms with Crippen molar-refractivity contribution in [2.24, 2.45) is 0 Å². The van der Waals surface area contributed by atoms with E-state index in [1.54, 1.807) is 6.92 Å². The van der Waals surface area contributed by atoms with Gasteiger partial charge >= 0.3 is 0 Å². The summed E-state index contributed by atoms with van der Waals surface area (Å²) in [5.74, 6) is 0.490. The van der Waals surface area contributed by atoms with E-state index in [4.69, 9.17) is 0 Å². The van der Waals surface area contributed by atoms with Crippen molar-refractivity contribution in [3.63, 3.8) is 0 Å². The summed E-state index contributed by atoms with van der Waals surface area (Å²) in [6.07, 6.45) is 0. The van der Waals surface area contributed by atoms with E-state index >= 15 is 0 Å². The largest absolute Gasteiger partial charge is 0.328 e. The van der Waals surface area contributed by atoms with E-state index in [-0.39, 0.29) is 11.1 Å². The van der Waals surface area contributed by atoms with E-state index in [1.807, 2.05) is 0 Å². The molecule has 0 aromatic carbocycles. The maximum atomic E-state index is 11.7. The summed E-state index contributed by atoms with van der Waals surface area (Å²) in [5.41, 5.74) is 0.395. The van der Waals surface area contributed by atoms with Crippen LogP contribution in [0.4, 0.5) is 0 Å². The predicted molar refractivity (Wildman–Crippen MR) is 68.0 cm³/mol. The smallest absolute Gasteiger partial charge is 0.235 e. The molecule has 0 saturated carbocycles. The molecule has 1 N–H and O–H groups in total. The minimum absolute atomic E-state index is 0.197. The van der Waals surface area contributed by atoms with Crippen molar-refractivity contribution in [1.82, 2.24) is 0 Å². The monoisotopic (exact) mass is 248 g/mol. The quantitative estimate of drug-likeness (QED) is 0.613. The Morgan fingerprint density at radius 3 is 1.73 bits per heavy atom. The van der Waals surface area contributed by atoms with Gasteiger partial charge < -0.3 is 4.55 Å². The highest BCUT2D eigenvalue weighted by Gasteiger charge is 2.38. The number of carbonyl (C=O) groups is 2. The van der Waals surface area contributed by atoms with Crippen molar-refractivity contribution < 1.29 is 14.1 Å². The van der Waals surface area contributed by atoms with Gasteiger partial charge in [0, 0.05) is 15.1 Å². The zero-order chi connectivity index (χ0) is 12.2. The molecule has 0 spiro atoms. The highest BCUT2D eigenvalue weighted by molar-refractivity contribution is 9.03. The Hall–Kier alpha value is -0.520. The van der Waals surface area contributed by atoms with Gasteiger partial charge in [-0.2, -0.15) is 0 Å². The lowest BCUT2D eigenvalue weighted by Crippen LogP contribution is -2.19. The fourth-order valence-electron chi connectivity index (χ4n) is 0.834. The molecule has 0 unspecified atom stereocenters. The van der Waals surface area contributed by atoms with Crippen LogP contribution in [-0.2, 0) is 9.59 Å². The molecule has 3 nitrogen and oxygen atoms in total. The molecule has 0 radical (unpaired) electrons. The molecular weight excluding hydrogens is 232 g/mol. The average Bonchev–Trinajstić information content (AvgIpc) is 2.15. The van der Waals surface area contributed by atoms with Gasteiger partial charge in [-0.1, -0.05) is 30.9 Å². The van der Waals surface area contributed by atoms with Crippen LogP contribution in [0.3, 0.4) is 0 Å². The lowest BCUT2D eigenvalue weighted by Gasteiger charge is -2.28. The van der Waals surface area contributed by atoms with Crippen LogP contribution < -0.4 is 0 Å². The first-order valence-electron chi connectivity index (χ1n) is 4.37. The average molecular weight is 248 g/mol. The van der Waals surface area contributed by atoms with Crippen molar-refractivity contribution >= 4 is 30.4 Å². The van der Waals surface area contributed by atoms with Crippen LogP contribution in [0.5, 0.6) is 0 Å². The fourth-order valence-corrected chi connectivity index (χ4v) is 5.02. The molecule has 0 aliphatic rings. The first-order chi connectivity index (χ1) is 6.77. The Bertz CT molecular complexity index is 295. The summed E-state index contributed by atoms with van der Waals surface area (Å²) in [7, 11) is -2.04. The molecule has 5 heteroatoms. The SMILES string of the molecule is C=C(C)C(=O)S(O)(SCC)C(=O)C(=C)C. The van der Waals surface area contributed by atoms with Gasteiger partial charge in [-0.15, -0.1) is 0 Å². The summed E-state index contributed by atoms with van der Waals surface area (Å²) >= 11 is 0. The lowest BCUT2D eigenvalue weighted by atomic mass is 10.4. The number of carbonyl (C=O) groups excluding carboxylic acids is 2. The second kappa shape index (κ2) is 5.53. The van der Waals surface area contributed by atoms with Gasteiger partial charge in [0.25, 0.3) is 0 Å². The number of hydrogen-bond acceptors (Lipinski definition) is 4. The van der Waals surface area contributed by atoms with Crippen LogP contribution in [0.15, 0.2) is 24.3 Å². The molecule has 86 valence electrons. The zero-order valence-corrected chi connectivity index (χ0v) is 10.8. The summed E-state index contributed by atoms with van der Waals surface area (Å²) in [4.78, 5) is 23.4. The van der Waals surface area contributed by atoms with E-state index in [9.17, 15) is 14.1 Å². The minimum Gasteiger partial charge on any atom is -0.328 e. The Kier molecular flexibility index (Phi) is 5.34. The molecule has 0 aliphatic heterocycles. The maximum Gasteiger partial charge on any atom is 0.235 e. The molecule has 0 rings (SSSR count). The number of rotatable bonds is 4. The van der Waals surface area contributed by atoms with E-state index in [1.165, 1.54) is 13.8 Å². The summed E-state index contributed by atoms with van der Waals surface area (Å²) in [6, 6.07) is 0. The van der Waals surface area contributed by atoms with Crippen molar-refractivity contribution in [3.8, 4) is 0 Å². The van der Waals surface area contributed by atoms with Crippen LogP contribution in [0.25, 0.3) is 0 Å². The van der Waals surface area contributed by atoms with Crippen LogP contribution in [0.2, 0.25) is 0 Å². The normalized spacial score (nSPS) is 12.0. The predicted octanol–water partition coefficient (Wildman–Crippen LogP) is 3.14. The zero-order valence-electron chi connectivity index (χ0n) is 9.20. The van der Waals surface area contributed by atoms with E-state index in [0.717, 1.165) is 10.8 Å². The van der Waals surface area contributed by atoms with E-state index in [2.05, 4.69) is 13.2 Å². The molecule has 0 heterocycles. The van der Waals surface area contributed by atoms with Crippen LogP contribution in [0.1, 0.15) is 20.8 Å². The molecule has 0 aliphatic carbocycles. The van der Waals surface area contributed by atoms with Crippen LogP contribution in [-0.4, -0.2) is 20.5 Å². The Balaban J connectivity index is 5.23. The minimum atomic E-state index is -3.01. The van der Waals surface area contributed by atoms with Gasteiger partial charge in [0.15, 0.2) is 0 Å². The van der Waals surface area contributed by atoms with Gasteiger partial charge in [-0.05, 0) is 25.0 Å². The van der Waals surface area contributed by atoms with Crippen LogP contribution >= 0.6 is 20.1 Å². The van der Waals surface area contributed by atoms with Crippen molar-refractivity contribution in [3.05, 3.63) is 24.3 Å². The molecule has 0 fully saturated rings. The molecule has 0 saturated heterocycles. The molecule has 0 aromatic rings. The second-order valence-electron chi connectivity index (χ2n) is 3.07. The summed E-state index contributed by atoms with van der Waals surface area (Å²) < 4.78 is 10.1. The highest BCUT2D eigenvalue weighted by atomic mass is 33.2. The van der Waals surface area contributed by atoms with E-state index in [0.29, 0.717) is 5.75 Å². The molecular formula is C10H16O3S2. The Morgan fingerprint density at radius 2 is 1.53 bits per heavy atom. The van der Waals surface area contributed by atoms with Crippen molar-refractivity contribution in [2.45, 2.75) is 20.8 Å². The topological polar surface area (TPSA) is 54.4 Å². The molecule has 0 bridgehead atoms. The maximum absolute atomic E-state index is 11.7. The third-order valence-electron chi connectivity index (χ3n) is 1.49. The van der Waals surface area contributed by atoms with Gasteiger partial charge in [-0.25, -0.2) is 0 Å². The molecule has 0 amide bonds. The summed E-state index contributed by atoms with van der Waals surface area (Å²) in [6.45, 7) is 11.7. The van der Waals surface area contributed by atoms with Crippen molar-refractivity contribution in [1.29, 1.82) is 0 Å². The first kappa shape index (κ1) is 14.5. The molecule has 0 atom stereocenters. The molecule has 0 aromatic heterocycles.